The molecule has 0 saturated heterocycles. The van der Waals surface area contributed by atoms with Crippen molar-refractivity contribution in [2.24, 2.45) is 0 Å². The smallest absolute Gasteiger partial charge is 0.137 e. The molecule has 0 aliphatic rings. The van der Waals surface area contributed by atoms with Gasteiger partial charge in [-0.2, -0.15) is 0 Å². The summed E-state index contributed by atoms with van der Waals surface area (Å²) in [7, 11) is 0. The summed E-state index contributed by atoms with van der Waals surface area (Å²) in [5.74, 6) is 1.38. The normalized spacial score (nSPS) is 13.8. The topological polar surface area (TPSA) is 51.8 Å². The van der Waals surface area contributed by atoms with E-state index in [1.54, 1.807) is 11.8 Å². The highest BCUT2D eigenvalue weighted by molar-refractivity contribution is 7.99. The number of nitrogen functional groups attached to an aromatic ring is 1. The predicted octanol–water partition coefficient (Wildman–Crippen LogP) is 3.25. The van der Waals surface area contributed by atoms with E-state index in [1.165, 1.54) is 0 Å². The monoisotopic (exact) mass is 239 g/mol. The maximum Gasteiger partial charge on any atom is 0.137 e. The molecule has 0 aliphatic carbocycles. The molecule has 4 heteroatoms. The first-order valence-electron chi connectivity index (χ1n) is 5.64. The van der Waals surface area contributed by atoms with Crippen LogP contribution in [0.3, 0.4) is 0 Å². The lowest BCUT2D eigenvalue weighted by atomic mass is 9.96. The summed E-state index contributed by atoms with van der Waals surface area (Å²) >= 11 is 1.76. The van der Waals surface area contributed by atoms with Gasteiger partial charge >= 0.3 is 0 Å². The van der Waals surface area contributed by atoms with Gasteiger partial charge in [0.1, 0.15) is 16.7 Å². The molecular weight excluding hydrogens is 218 g/mol. The molecule has 0 fully saturated rings. The third-order valence-corrected chi connectivity index (χ3v) is 3.48. The first-order chi connectivity index (χ1) is 7.32. The Kier molecular flexibility index (Phi) is 4.19. The predicted molar refractivity (Wildman–Crippen MR) is 70.8 cm³/mol. The number of anilines is 1. The zero-order chi connectivity index (χ0) is 12.3. The largest absolute Gasteiger partial charge is 0.384 e. The summed E-state index contributed by atoms with van der Waals surface area (Å²) in [5.41, 5.74) is 5.75. The first kappa shape index (κ1) is 13.3. The number of thioether (sulfide) groups is 1. The Morgan fingerprint density at radius 2 is 2.00 bits per heavy atom. The lowest BCUT2D eigenvalue weighted by Crippen LogP contribution is -2.17. The minimum atomic E-state index is -0.0554. The van der Waals surface area contributed by atoms with Crippen LogP contribution < -0.4 is 5.73 Å². The molecule has 0 saturated carbocycles. The molecule has 16 heavy (non-hydrogen) atoms. The van der Waals surface area contributed by atoms with Crippen LogP contribution in [0, 0.1) is 0 Å². The molecule has 1 unspecified atom stereocenters. The fourth-order valence-corrected chi connectivity index (χ4v) is 2.03. The SMILES string of the molecule is CCC(C)Sc1cc(N)nc(C(C)(C)C)n1. The van der Waals surface area contributed by atoms with Crippen molar-refractivity contribution in [2.75, 3.05) is 5.73 Å². The number of nitrogens with zero attached hydrogens (tertiary/aromatic N) is 2. The van der Waals surface area contributed by atoms with Gasteiger partial charge in [0.05, 0.1) is 0 Å². The first-order valence-corrected chi connectivity index (χ1v) is 6.52. The second-order valence-corrected chi connectivity index (χ2v) is 6.50. The third-order valence-electron chi connectivity index (χ3n) is 2.29. The van der Waals surface area contributed by atoms with Crippen molar-refractivity contribution < 1.29 is 0 Å². The van der Waals surface area contributed by atoms with Crippen LogP contribution in [0.2, 0.25) is 0 Å². The van der Waals surface area contributed by atoms with Gasteiger partial charge in [-0.1, -0.05) is 34.6 Å². The third kappa shape index (κ3) is 3.67. The molecule has 0 amide bonds. The average Bonchev–Trinajstić information content (AvgIpc) is 2.15. The molecule has 1 heterocycles. The highest BCUT2D eigenvalue weighted by atomic mass is 32.2. The van der Waals surface area contributed by atoms with Crippen molar-refractivity contribution in [3.05, 3.63) is 11.9 Å². The molecule has 1 rings (SSSR count). The van der Waals surface area contributed by atoms with Crippen LogP contribution >= 0.6 is 11.8 Å². The summed E-state index contributed by atoms with van der Waals surface area (Å²) in [5, 5.41) is 1.54. The van der Waals surface area contributed by atoms with E-state index in [-0.39, 0.29) is 5.41 Å². The van der Waals surface area contributed by atoms with Crippen LogP contribution in [0.1, 0.15) is 46.9 Å². The maximum atomic E-state index is 5.81. The zero-order valence-electron chi connectivity index (χ0n) is 10.7. The van der Waals surface area contributed by atoms with Crippen molar-refractivity contribution in [1.82, 2.24) is 9.97 Å². The second-order valence-electron chi connectivity index (χ2n) is 5.04. The van der Waals surface area contributed by atoms with Crippen LogP contribution in [0.15, 0.2) is 11.1 Å². The van der Waals surface area contributed by atoms with Crippen molar-refractivity contribution in [1.29, 1.82) is 0 Å². The van der Waals surface area contributed by atoms with Crippen LogP contribution in [-0.4, -0.2) is 15.2 Å². The van der Waals surface area contributed by atoms with Crippen molar-refractivity contribution in [3.8, 4) is 0 Å². The van der Waals surface area contributed by atoms with E-state index in [4.69, 9.17) is 5.73 Å². The van der Waals surface area contributed by atoms with Gasteiger partial charge in [-0.3, -0.25) is 0 Å². The summed E-state index contributed by atoms with van der Waals surface area (Å²) in [6.07, 6.45) is 1.12. The molecule has 0 aromatic carbocycles. The highest BCUT2D eigenvalue weighted by Gasteiger charge is 2.19. The van der Waals surface area contributed by atoms with Crippen molar-refractivity contribution >= 4 is 17.6 Å². The summed E-state index contributed by atoms with van der Waals surface area (Å²) in [6.45, 7) is 10.7. The van der Waals surface area contributed by atoms with Crippen LogP contribution in [0.25, 0.3) is 0 Å². The quantitative estimate of drug-likeness (QED) is 0.650. The summed E-state index contributed by atoms with van der Waals surface area (Å²) in [4.78, 5) is 8.86. The fraction of sp³-hybridized carbons (Fsp3) is 0.667. The molecule has 90 valence electrons. The number of nitrogens with two attached hydrogens (primary N) is 1. The fourth-order valence-electron chi connectivity index (χ4n) is 1.13. The number of hydrogen-bond donors (Lipinski definition) is 1. The number of hydrogen-bond acceptors (Lipinski definition) is 4. The van der Waals surface area contributed by atoms with Gasteiger partial charge in [-0.25, -0.2) is 9.97 Å². The Hall–Kier alpha value is -0.770. The standard InChI is InChI=1S/C12H21N3S/c1-6-8(2)16-10-7-9(13)14-11(15-10)12(3,4)5/h7-8H,6H2,1-5H3,(H2,13,14,15). The Bertz CT molecular complexity index is 358. The van der Waals surface area contributed by atoms with Gasteiger partial charge in [0.15, 0.2) is 0 Å². The second kappa shape index (κ2) is 5.04. The van der Waals surface area contributed by atoms with E-state index in [1.807, 2.05) is 6.07 Å². The summed E-state index contributed by atoms with van der Waals surface area (Å²) in [6, 6.07) is 1.85. The molecule has 0 bridgehead atoms. The van der Waals surface area contributed by atoms with E-state index in [0.717, 1.165) is 17.3 Å². The van der Waals surface area contributed by atoms with Gasteiger partial charge in [-0.05, 0) is 6.42 Å². The van der Waals surface area contributed by atoms with Gasteiger partial charge in [0, 0.05) is 16.7 Å². The van der Waals surface area contributed by atoms with E-state index < -0.39 is 0 Å². The van der Waals surface area contributed by atoms with E-state index in [2.05, 4.69) is 44.6 Å². The molecule has 1 aromatic heterocycles. The van der Waals surface area contributed by atoms with E-state index >= 15 is 0 Å². The number of rotatable bonds is 3. The molecule has 3 nitrogen and oxygen atoms in total. The van der Waals surface area contributed by atoms with Crippen molar-refractivity contribution in [2.45, 2.75) is 56.7 Å². The van der Waals surface area contributed by atoms with Gasteiger partial charge in [0.25, 0.3) is 0 Å². The number of aromatic nitrogens is 2. The van der Waals surface area contributed by atoms with Crippen LogP contribution in [-0.2, 0) is 5.41 Å². The molecule has 1 atom stereocenters. The van der Waals surface area contributed by atoms with Gasteiger partial charge in [0.2, 0.25) is 0 Å². The Morgan fingerprint density at radius 3 is 2.50 bits per heavy atom. The lowest BCUT2D eigenvalue weighted by molar-refractivity contribution is 0.539. The van der Waals surface area contributed by atoms with Crippen LogP contribution in [0.4, 0.5) is 5.82 Å². The minimum absolute atomic E-state index is 0.0554. The molecule has 0 radical (unpaired) electrons. The molecule has 2 N–H and O–H groups in total. The molecule has 1 aromatic rings. The highest BCUT2D eigenvalue weighted by Crippen LogP contribution is 2.27. The Morgan fingerprint density at radius 1 is 1.38 bits per heavy atom. The Labute approximate surface area is 102 Å². The van der Waals surface area contributed by atoms with E-state index in [0.29, 0.717) is 11.1 Å². The average molecular weight is 239 g/mol. The molecule has 0 aliphatic heterocycles. The van der Waals surface area contributed by atoms with Gasteiger partial charge in [-0.15, -0.1) is 11.8 Å². The Balaban J connectivity index is 2.99. The molecular formula is C12H21N3S. The van der Waals surface area contributed by atoms with Crippen LogP contribution in [0.5, 0.6) is 0 Å². The minimum Gasteiger partial charge on any atom is -0.384 e. The summed E-state index contributed by atoms with van der Waals surface area (Å²) < 4.78 is 0. The maximum absolute atomic E-state index is 5.81. The molecule has 0 spiro atoms. The zero-order valence-corrected chi connectivity index (χ0v) is 11.6. The van der Waals surface area contributed by atoms with Gasteiger partial charge < -0.3 is 5.73 Å². The van der Waals surface area contributed by atoms with Crippen molar-refractivity contribution in [3.63, 3.8) is 0 Å². The van der Waals surface area contributed by atoms with E-state index in [9.17, 15) is 0 Å². The lowest BCUT2D eigenvalue weighted by Gasteiger charge is -2.18.